The molecule has 0 saturated carbocycles. The van der Waals surface area contributed by atoms with Gasteiger partial charge in [-0.3, -0.25) is 9.59 Å². The topological polar surface area (TPSA) is 87.5 Å². The number of nitrogens with zero attached hydrogens (tertiary/aromatic N) is 2. The summed E-state index contributed by atoms with van der Waals surface area (Å²) in [5.41, 5.74) is 1.33. The number of aryl methyl sites for hydroxylation is 1. The van der Waals surface area contributed by atoms with Crippen molar-refractivity contribution in [3.63, 3.8) is 0 Å². The minimum atomic E-state index is -0.398. The van der Waals surface area contributed by atoms with Gasteiger partial charge in [0.25, 0.3) is 0 Å². The lowest BCUT2D eigenvalue weighted by molar-refractivity contribution is -0.145. The van der Waals surface area contributed by atoms with Gasteiger partial charge in [-0.2, -0.15) is 0 Å². The first kappa shape index (κ1) is 15.3. The molecule has 3 aromatic heterocycles. The number of thiazole rings is 1. The number of hydrogen-bond acceptors (Lipinski definition) is 7. The van der Waals surface area contributed by atoms with Crippen molar-refractivity contribution in [3.8, 4) is 11.5 Å². The number of carbonyl (C=O) groups excluding carboxylic acids is 1. The summed E-state index contributed by atoms with van der Waals surface area (Å²) < 4.78 is 17.0. The van der Waals surface area contributed by atoms with Crippen LogP contribution in [-0.4, -0.2) is 15.7 Å². The van der Waals surface area contributed by atoms with E-state index in [1.54, 1.807) is 28.1 Å². The van der Waals surface area contributed by atoms with Gasteiger partial charge in [-0.05, 0) is 19.1 Å². The molecule has 0 amide bonds. The van der Waals surface area contributed by atoms with E-state index in [2.05, 4.69) is 5.16 Å². The Morgan fingerprint density at radius 3 is 3.00 bits per heavy atom. The van der Waals surface area contributed by atoms with E-state index in [0.29, 0.717) is 23.8 Å². The number of furan rings is 1. The van der Waals surface area contributed by atoms with Crippen molar-refractivity contribution < 1.29 is 18.5 Å². The van der Waals surface area contributed by atoms with Crippen LogP contribution in [0.15, 0.2) is 43.6 Å². The van der Waals surface area contributed by atoms with E-state index in [1.807, 2.05) is 6.92 Å². The molecule has 0 saturated heterocycles. The summed E-state index contributed by atoms with van der Waals surface area (Å²) in [5, 5.41) is 5.58. The van der Waals surface area contributed by atoms with Gasteiger partial charge in [0.05, 0.1) is 12.7 Å². The van der Waals surface area contributed by atoms with Crippen LogP contribution in [0.25, 0.3) is 11.5 Å². The largest absolute Gasteiger partial charge is 0.461 e. The molecule has 3 aromatic rings. The van der Waals surface area contributed by atoms with Gasteiger partial charge in [-0.1, -0.05) is 16.5 Å². The maximum absolute atomic E-state index is 11.8. The Morgan fingerprint density at radius 2 is 2.30 bits per heavy atom. The fraction of sp³-hybridized carbons (Fsp3) is 0.267. The van der Waals surface area contributed by atoms with E-state index in [1.165, 1.54) is 6.26 Å². The zero-order chi connectivity index (χ0) is 16.2. The Balaban J connectivity index is 1.50. The van der Waals surface area contributed by atoms with Crippen molar-refractivity contribution in [3.05, 3.63) is 50.9 Å². The van der Waals surface area contributed by atoms with E-state index >= 15 is 0 Å². The van der Waals surface area contributed by atoms with Crippen LogP contribution in [-0.2, 0) is 22.7 Å². The molecule has 0 fully saturated rings. The maximum Gasteiger partial charge on any atom is 0.307 e. The Labute approximate surface area is 135 Å². The van der Waals surface area contributed by atoms with E-state index in [0.717, 1.165) is 17.0 Å². The number of carbonyl (C=O) groups is 1. The Kier molecular flexibility index (Phi) is 4.42. The summed E-state index contributed by atoms with van der Waals surface area (Å²) in [6.07, 6.45) is 1.66. The summed E-state index contributed by atoms with van der Waals surface area (Å²) >= 11 is 1.12. The average Bonchev–Trinajstić information content (AvgIpc) is 3.25. The molecule has 3 heterocycles. The number of rotatable bonds is 6. The molecule has 0 radical (unpaired) electrons. The van der Waals surface area contributed by atoms with Gasteiger partial charge in [0.15, 0.2) is 5.76 Å². The van der Waals surface area contributed by atoms with Gasteiger partial charge in [0.1, 0.15) is 12.3 Å². The second kappa shape index (κ2) is 6.66. The Bertz CT molecular complexity index is 843. The first-order valence-electron chi connectivity index (χ1n) is 6.93. The van der Waals surface area contributed by atoms with Crippen molar-refractivity contribution in [2.45, 2.75) is 26.5 Å². The first-order valence-corrected chi connectivity index (χ1v) is 7.81. The van der Waals surface area contributed by atoms with Crippen molar-refractivity contribution in [1.29, 1.82) is 0 Å². The normalized spacial score (nSPS) is 10.8. The van der Waals surface area contributed by atoms with Gasteiger partial charge < -0.3 is 18.2 Å². The maximum atomic E-state index is 11.8. The number of esters is 1. The van der Waals surface area contributed by atoms with Crippen LogP contribution in [0, 0.1) is 6.92 Å². The predicted octanol–water partition coefficient (Wildman–Crippen LogP) is 2.60. The predicted molar refractivity (Wildman–Crippen MR) is 81.9 cm³/mol. The molecular weight excluding hydrogens is 320 g/mol. The molecule has 0 bridgehead atoms. The zero-order valence-electron chi connectivity index (χ0n) is 12.4. The Hall–Kier alpha value is -2.61. The van der Waals surface area contributed by atoms with Gasteiger partial charge in [-0.15, -0.1) is 0 Å². The standard InChI is InChI=1S/C15H14N2O5S/c1-10-9-23-15(19)17(10)5-4-14(18)21-8-11-7-13(22-16-11)12-3-2-6-20-12/h2-3,6-7,9H,4-5,8H2,1H3. The van der Waals surface area contributed by atoms with Crippen LogP contribution >= 0.6 is 11.3 Å². The van der Waals surface area contributed by atoms with Crippen LogP contribution in [0.5, 0.6) is 0 Å². The second-order valence-corrected chi connectivity index (χ2v) is 5.69. The van der Waals surface area contributed by atoms with Gasteiger partial charge >= 0.3 is 10.8 Å². The summed E-state index contributed by atoms with van der Waals surface area (Å²) in [6, 6.07) is 5.14. The molecule has 0 atom stereocenters. The smallest absolute Gasteiger partial charge is 0.307 e. The molecule has 0 unspecified atom stereocenters. The first-order chi connectivity index (χ1) is 11.1. The van der Waals surface area contributed by atoms with E-state index in [9.17, 15) is 9.59 Å². The molecule has 3 rings (SSSR count). The third-order valence-corrected chi connectivity index (χ3v) is 4.10. The van der Waals surface area contributed by atoms with Crippen molar-refractivity contribution in [1.82, 2.24) is 9.72 Å². The van der Waals surface area contributed by atoms with Crippen molar-refractivity contribution >= 4 is 17.3 Å². The highest BCUT2D eigenvalue weighted by Gasteiger charge is 2.12. The average molecular weight is 334 g/mol. The summed E-state index contributed by atoms with van der Waals surface area (Å²) in [7, 11) is 0. The molecule has 7 nitrogen and oxygen atoms in total. The molecule has 8 heteroatoms. The third kappa shape index (κ3) is 3.59. The fourth-order valence-corrected chi connectivity index (χ4v) is 2.78. The highest BCUT2D eigenvalue weighted by atomic mass is 32.1. The highest BCUT2D eigenvalue weighted by Crippen LogP contribution is 2.20. The van der Waals surface area contributed by atoms with Crippen molar-refractivity contribution in [2.75, 3.05) is 0 Å². The molecule has 0 aliphatic rings. The lowest BCUT2D eigenvalue weighted by Crippen LogP contribution is -2.17. The molecular formula is C15H14N2O5S. The van der Waals surface area contributed by atoms with Gasteiger partial charge in [0.2, 0.25) is 5.76 Å². The van der Waals surface area contributed by atoms with Crippen LogP contribution in [0.4, 0.5) is 0 Å². The van der Waals surface area contributed by atoms with E-state index in [-0.39, 0.29) is 17.9 Å². The van der Waals surface area contributed by atoms with Crippen LogP contribution in [0.1, 0.15) is 17.8 Å². The highest BCUT2D eigenvalue weighted by molar-refractivity contribution is 7.07. The van der Waals surface area contributed by atoms with Crippen LogP contribution in [0.2, 0.25) is 0 Å². The summed E-state index contributed by atoms with van der Waals surface area (Å²) in [4.78, 5) is 23.2. The zero-order valence-corrected chi connectivity index (χ0v) is 13.2. The summed E-state index contributed by atoms with van der Waals surface area (Å²) in [5.74, 6) is 0.633. The number of ether oxygens (including phenoxy) is 1. The van der Waals surface area contributed by atoms with E-state index < -0.39 is 5.97 Å². The van der Waals surface area contributed by atoms with Gasteiger partial charge in [0, 0.05) is 23.7 Å². The molecule has 0 spiro atoms. The minimum absolute atomic E-state index is 0.0144. The van der Waals surface area contributed by atoms with Crippen LogP contribution in [0.3, 0.4) is 0 Å². The van der Waals surface area contributed by atoms with Crippen LogP contribution < -0.4 is 4.87 Å². The van der Waals surface area contributed by atoms with E-state index in [4.69, 9.17) is 13.7 Å². The summed E-state index contributed by atoms with van der Waals surface area (Å²) in [6.45, 7) is 2.15. The number of hydrogen-bond donors (Lipinski definition) is 0. The second-order valence-electron chi connectivity index (χ2n) is 4.87. The lowest BCUT2D eigenvalue weighted by atomic mass is 10.3. The molecule has 23 heavy (non-hydrogen) atoms. The minimum Gasteiger partial charge on any atom is -0.461 e. The molecule has 0 aliphatic carbocycles. The molecule has 0 N–H and O–H groups in total. The SMILES string of the molecule is Cc1csc(=O)n1CCC(=O)OCc1cc(-c2ccco2)on1. The Morgan fingerprint density at radius 1 is 1.43 bits per heavy atom. The quantitative estimate of drug-likeness (QED) is 0.644. The molecule has 120 valence electrons. The fourth-order valence-electron chi connectivity index (χ4n) is 2.02. The van der Waals surface area contributed by atoms with Gasteiger partial charge in [-0.25, -0.2) is 0 Å². The lowest BCUT2D eigenvalue weighted by Gasteiger charge is -2.04. The third-order valence-electron chi connectivity index (χ3n) is 3.22. The molecule has 0 aromatic carbocycles. The monoisotopic (exact) mass is 334 g/mol. The molecule has 0 aliphatic heterocycles. The number of aromatic nitrogens is 2. The van der Waals surface area contributed by atoms with Crippen molar-refractivity contribution in [2.24, 2.45) is 0 Å².